The van der Waals surface area contributed by atoms with Crippen LogP contribution in [0.1, 0.15) is 16.8 Å². The SMILES string of the molecule is CN(C)N(C(=O)c1cccc(S(=O)(=O)N2CCOCC2)c1)[C@H]1CCS(=O)(=O)C1. The topological polar surface area (TPSA) is 104 Å². The van der Waals surface area contributed by atoms with Crippen molar-refractivity contribution in [3.05, 3.63) is 29.8 Å². The molecule has 1 atom stereocenters. The molecule has 0 spiro atoms. The number of rotatable bonds is 5. The van der Waals surface area contributed by atoms with E-state index in [4.69, 9.17) is 4.74 Å². The molecule has 0 N–H and O–H groups in total. The minimum atomic E-state index is -3.73. The van der Waals surface area contributed by atoms with Crippen LogP contribution in [0, 0.1) is 0 Å². The molecular formula is C17H25N3O6S2. The second-order valence-electron chi connectivity index (χ2n) is 7.10. The van der Waals surface area contributed by atoms with Gasteiger partial charge in [0.25, 0.3) is 5.91 Å². The van der Waals surface area contributed by atoms with Crippen LogP contribution in [-0.4, -0.2) is 95.0 Å². The average molecular weight is 432 g/mol. The Balaban J connectivity index is 1.88. The minimum Gasteiger partial charge on any atom is -0.379 e. The Morgan fingerprint density at radius 1 is 1.21 bits per heavy atom. The number of nitrogens with zero attached hydrogens (tertiary/aromatic N) is 3. The van der Waals surface area contributed by atoms with Crippen LogP contribution < -0.4 is 0 Å². The maximum atomic E-state index is 13.1. The first-order valence-corrected chi connectivity index (χ1v) is 12.3. The number of ether oxygens (including phenoxy) is 1. The van der Waals surface area contributed by atoms with E-state index in [-0.39, 0.29) is 35.1 Å². The lowest BCUT2D eigenvalue weighted by Crippen LogP contribution is -2.49. The van der Waals surface area contributed by atoms with E-state index in [0.717, 1.165) is 0 Å². The number of carbonyl (C=O) groups excluding carboxylic acids is 1. The van der Waals surface area contributed by atoms with Gasteiger partial charge >= 0.3 is 0 Å². The van der Waals surface area contributed by atoms with Crippen molar-refractivity contribution in [2.24, 2.45) is 0 Å². The van der Waals surface area contributed by atoms with Gasteiger partial charge in [0.05, 0.1) is 35.7 Å². The van der Waals surface area contributed by atoms with Gasteiger partial charge in [0.1, 0.15) is 0 Å². The number of sulfonamides is 1. The molecule has 3 rings (SSSR count). The fraction of sp³-hybridized carbons (Fsp3) is 0.588. The predicted octanol–water partition coefficient (Wildman–Crippen LogP) is -0.187. The third kappa shape index (κ3) is 4.38. The molecule has 9 nitrogen and oxygen atoms in total. The summed E-state index contributed by atoms with van der Waals surface area (Å²) in [7, 11) is -3.57. The van der Waals surface area contributed by atoms with Crippen LogP contribution in [0.15, 0.2) is 29.2 Å². The lowest BCUT2D eigenvalue weighted by Gasteiger charge is -2.34. The van der Waals surface area contributed by atoms with Gasteiger partial charge in [-0.05, 0) is 24.6 Å². The Kier molecular flexibility index (Phi) is 6.11. The van der Waals surface area contributed by atoms with E-state index in [0.29, 0.717) is 19.6 Å². The van der Waals surface area contributed by atoms with Gasteiger partial charge in [-0.1, -0.05) is 6.07 Å². The normalized spacial score (nSPS) is 23.0. The molecular weight excluding hydrogens is 406 g/mol. The van der Waals surface area contributed by atoms with E-state index in [9.17, 15) is 21.6 Å². The second kappa shape index (κ2) is 8.07. The van der Waals surface area contributed by atoms with Crippen molar-refractivity contribution in [1.29, 1.82) is 0 Å². The molecule has 0 aromatic heterocycles. The zero-order chi connectivity index (χ0) is 20.5. The van der Waals surface area contributed by atoms with Gasteiger partial charge in [0, 0.05) is 32.7 Å². The maximum Gasteiger partial charge on any atom is 0.268 e. The van der Waals surface area contributed by atoms with Crippen LogP contribution in [0.3, 0.4) is 0 Å². The van der Waals surface area contributed by atoms with Gasteiger partial charge in [-0.2, -0.15) is 4.31 Å². The highest BCUT2D eigenvalue weighted by molar-refractivity contribution is 7.91. The number of hydrazine groups is 1. The zero-order valence-electron chi connectivity index (χ0n) is 15.9. The number of hydrogen-bond donors (Lipinski definition) is 0. The van der Waals surface area contributed by atoms with Crippen molar-refractivity contribution in [1.82, 2.24) is 14.3 Å². The predicted molar refractivity (Wildman–Crippen MR) is 103 cm³/mol. The molecule has 2 aliphatic heterocycles. The van der Waals surface area contributed by atoms with Crippen molar-refractivity contribution in [3.8, 4) is 0 Å². The highest BCUT2D eigenvalue weighted by Gasteiger charge is 2.37. The Hall–Kier alpha value is -1.53. The Morgan fingerprint density at radius 2 is 1.89 bits per heavy atom. The molecule has 0 aliphatic carbocycles. The van der Waals surface area contributed by atoms with Gasteiger partial charge in [-0.15, -0.1) is 0 Å². The summed E-state index contributed by atoms with van der Waals surface area (Å²) in [5, 5.41) is 2.95. The van der Waals surface area contributed by atoms with Crippen molar-refractivity contribution in [3.63, 3.8) is 0 Å². The van der Waals surface area contributed by atoms with Gasteiger partial charge in [0.15, 0.2) is 9.84 Å². The number of hydrogen-bond acceptors (Lipinski definition) is 7. The molecule has 156 valence electrons. The maximum absolute atomic E-state index is 13.1. The van der Waals surface area contributed by atoms with Crippen LogP contribution in [0.5, 0.6) is 0 Å². The van der Waals surface area contributed by atoms with Crippen LogP contribution in [0.25, 0.3) is 0 Å². The number of benzene rings is 1. The molecule has 2 fully saturated rings. The summed E-state index contributed by atoms with van der Waals surface area (Å²) in [5.74, 6) is -0.477. The van der Waals surface area contributed by atoms with Gasteiger partial charge in [0.2, 0.25) is 10.0 Å². The van der Waals surface area contributed by atoms with E-state index < -0.39 is 31.8 Å². The molecule has 0 bridgehead atoms. The highest BCUT2D eigenvalue weighted by Crippen LogP contribution is 2.23. The Bertz CT molecular complexity index is 939. The molecule has 11 heteroatoms. The van der Waals surface area contributed by atoms with Crippen LogP contribution >= 0.6 is 0 Å². The van der Waals surface area contributed by atoms with E-state index in [1.807, 2.05) is 0 Å². The quantitative estimate of drug-likeness (QED) is 0.595. The number of amides is 1. The Morgan fingerprint density at radius 3 is 2.46 bits per heavy atom. The van der Waals surface area contributed by atoms with E-state index in [2.05, 4.69) is 0 Å². The molecule has 1 amide bonds. The molecule has 2 aliphatic rings. The number of carbonyl (C=O) groups is 1. The van der Waals surface area contributed by atoms with Crippen molar-refractivity contribution in [2.45, 2.75) is 17.4 Å². The first-order chi connectivity index (χ1) is 13.1. The van der Waals surface area contributed by atoms with Gasteiger partial charge in [-0.3, -0.25) is 9.80 Å². The summed E-state index contributed by atoms with van der Waals surface area (Å²) in [5.41, 5.74) is 0.201. The van der Waals surface area contributed by atoms with Crippen LogP contribution in [-0.2, 0) is 24.6 Å². The standard InChI is InChI=1S/C17H25N3O6S2/c1-18(2)20(15-6-11-27(22,23)13-15)17(21)14-4-3-5-16(12-14)28(24,25)19-7-9-26-10-8-19/h3-5,12,15H,6-11,13H2,1-2H3/t15-/m0/s1. The van der Waals surface area contributed by atoms with Crippen LogP contribution in [0.2, 0.25) is 0 Å². The van der Waals surface area contributed by atoms with Gasteiger partial charge < -0.3 is 4.74 Å². The zero-order valence-corrected chi connectivity index (χ0v) is 17.6. The smallest absolute Gasteiger partial charge is 0.268 e. The van der Waals surface area contributed by atoms with E-state index >= 15 is 0 Å². The number of sulfone groups is 1. The average Bonchev–Trinajstić information content (AvgIpc) is 3.01. The van der Waals surface area contributed by atoms with E-state index in [1.54, 1.807) is 25.2 Å². The largest absolute Gasteiger partial charge is 0.379 e. The summed E-state index contributed by atoms with van der Waals surface area (Å²) >= 11 is 0. The molecule has 0 unspecified atom stereocenters. The minimum absolute atomic E-state index is 0.0398. The molecule has 28 heavy (non-hydrogen) atoms. The summed E-state index contributed by atoms with van der Waals surface area (Å²) in [6.45, 7) is 1.21. The molecule has 2 saturated heterocycles. The van der Waals surface area contributed by atoms with Crippen LogP contribution in [0.4, 0.5) is 0 Å². The summed E-state index contributed by atoms with van der Waals surface area (Å²) in [4.78, 5) is 13.1. The summed E-state index contributed by atoms with van der Waals surface area (Å²) < 4.78 is 55.9. The first-order valence-electron chi connectivity index (χ1n) is 9.01. The Labute approximate surface area is 165 Å². The molecule has 1 aromatic carbocycles. The fourth-order valence-corrected chi connectivity index (χ4v) is 6.65. The summed E-state index contributed by atoms with van der Waals surface area (Å²) in [6.07, 6.45) is 0.359. The molecule has 1 aromatic rings. The summed E-state index contributed by atoms with van der Waals surface area (Å²) in [6, 6.07) is 5.42. The van der Waals surface area contributed by atoms with Gasteiger partial charge in [-0.25, -0.2) is 21.8 Å². The first kappa shape index (κ1) is 21.2. The fourth-order valence-electron chi connectivity index (χ4n) is 3.50. The molecule has 2 heterocycles. The van der Waals surface area contributed by atoms with Crippen molar-refractivity contribution < 1.29 is 26.4 Å². The second-order valence-corrected chi connectivity index (χ2v) is 11.3. The lowest BCUT2D eigenvalue weighted by molar-refractivity contribution is 0.000985. The monoisotopic (exact) mass is 431 g/mol. The lowest BCUT2D eigenvalue weighted by atomic mass is 10.1. The number of morpholine rings is 1. The molecule has 0 radical (unpaired) electrons. The van der Waals surface area contributed by atoms with E-state index in [1.165, 1.54) is 27.5 Å². The van der Waals surface area contributed by atoms with Crippen molar-refractivity contribution in [2.75, 3.05) is 51.9 Å². The highest BCUT2D eigenvalue weighted by atomic mass is 32.2. The van der Waals surface area contributed by atoms with Crippen molar-refractivity contribution >= 4 is 25.8 Å². The molecule has 0 saturated carbocycles. The third-order valence-corrected chi connectivity index (χ3v) is 8.53. The third-order valence-electron chi connectivity index (χ3n) is 4.88.